The predicted molar refractivity (Wildman–Crippen MR) is 43.4 cm³/mol. The van der Waals surface area contributed by atoms with Gasteiger partial charge < -0.3 is 5.11 Å². The van der Waals surface area contributed by atoms with Gasteiger partial charge in [0.05, 0.1) is 0 Å². The summed E-state index contributed by atoms with van der Waals surface area (Å²) in [5, 5.41) is 8.42. The van der Waals surface area contributed by atoms with Gasteiger partial charge in [-0.3, -0.25) is 0 Å². The molecule has 1 nitrogen and oxygen atoms in total. The van der Waals surface area contributed by atoms with Crippen LogP contribution < -0.4 is 0 Å². The van der Waals surface area contributed by atoms with Crippen molar-refractivity contribution in [3.05, 3.63) is 0 Å². The maximum atomic E-state index is 8.42. The molecule has 0 amide bonds. The second kappa shape index (κ2) is 8.02. The van der Waals surface area contributed by atoms with Gasteiger partial charge in [-0.05, 0) is 6.42 Å². The van der Waals surface area contributed by atoms with E-state index in [1.54, 1.807) is 0 Å². The summed E-state index contributed by atoms with van der Waals surface area (Å²) in [6, 6.07) is 0. The summed E-state index contributed by atoms with van der Waals surface area (Å²) in [6.07, 6.45) is 6.19. The second-order valence-corrected chi connectivity index (χ2v) is 2.49. The molecule has 0 radical (unpaired) electrons. The Balaban J connectivity index is 2.60. The van der Waals surface area contributed by atoms with Gasteiger partial charge in [0.15, 0.2) is 0 Å². The molecule has 0 saturated heterocycles. The second-order valence-electron chi connectivity index (χ2n) is 2.49. The topological polar surface area (TPSA) is 20.2 Å². The molecule has 0 aromatic rings. The van der Waals surface area contributed by atoms with E-state index in [4.69, 9.17) is 5.11 Å². The van der Waals surface area contributed by atoms with Crippen LogP contribution in [0.15, 0.2) is 0 Å². The third kappa shape index (κ3) is 8.02. The van der Waals surface area contributed by atoms with Crippen LogP contribution in [0.3, 0.4) is 0 Å². The Kier molecular flexibility index (Phi) is 8.05. The van der Waals surface area contributed by atoms with Crippen molar-refractivity contribution in [2.45, 2.75) is 38.8 Å². The molecule has 0 saturated carbocycles. The summed E-state index contributed by atoms with van der Waals surface area (Å²) in [5.74, 6) is 0. The van der Waals surface area contributed by atoms with Crippen molar-refractivity contribution >= 4 is 7.28 Å². The van der Waals surface area contributed by atoms with Gasteiger partial charge >= 0.3 is 0 Å². The largest absolute Gasteiger partial charge is 0.396 e. The zero-order chi connectivity index (χ0) is 6.95. The first-order valence-electron chi connectivity index (χ1n) is 4.02. The molecule has 0 spiro atoms. The summed E-state index contributed by atoms with van der Waals surface area (Å²) in [7, 11) is 1.30. The molecular weight excluding hydrogens is 111 g/mol. The smallest absolute Gasteiger partial charge is 0.117 e. The van der Waals surface area contributed by atoms with E-state index in [9.17, 15) is 0 Å². The van der Waals surface area contributed by atoms with Crippen LogP contribution in [-0.4, -0.2) is 19.0 Å². The maximum absolute atomic E-state index is 8.42. The average molecular weight is 128 g/mol. The fourth-order valence-electron chi connectivity index (χ4n) is 0.892. The van der Waals surface area contributed by atoms with Crippen LogP contribution >= 0.6 is 0 Å². The third-order valence-electron chi connectivity index (χ3n) is 1.51. The van der Waals surface area contributed by atoms with Gasteiger partial charge in [0, 0.05) is 6.61 Å². The standard InChI is InChI=1S/C7H17BO/c1-8-6-4-2-3-5-7-9/h8-9H,2-7H2,1H3. The molecule has 0 heterocycles. The van der Waals surface area contributed by atoms with Gasteiger partial charge in [-0.2, -0.15) is 0 Å². The first kappa shape index (κ1) is 9.02. The molecular formula is C7H17BO. The Morgan fingerprint density at radius 2 is 1.78 bits per heavy atom. The molecule has 0 rings (SSSR count). The lowest BCUT2D eigenvalue weighted by Crippen LogP contribution is -1.85. The molecule has 2 heteroatoms. The Morgan fingerprint density at radius 3 is 2.33 bits per heavy atom. The summed E-state index contributed by atoms with van der Waals surface area (Å²) >= 11 is 0. The van der Waals surface area contributed by atoms with Crippen LogP contribution in [0.2, 0.25) is 13.1 Å². The van der Waals surface area contributed by atoms with Crippen LogP contribution in [0, 0.1) is 0 Å². The van der Waals surface area contributed by atoms with E-state index in [-0.39, 0.29) is 0 Å². The summed E-state index contributed by atoms with van der Waals surface area (Å²) in [4.78, 5) is 0. The maximum Gasteiger partial charge on any atom is 0.117 e. The monoisotopic (exact) mass is 128 g/mol. The lowest BCUT2D eigenvalue weighted by atomic mass is 9.76. The summed E-state index contributed by atoms with van der Waals surface area (Å²) in [5.41, 5.74) is 0. The van der Waals surface area contributed by atoms with Crippen LogP contribution in [-0.2, 0) is 0 Å². The molecule has 1 N–H and O–H groups in total. The van der Waals surface area contributed by atoms with Crippen molar-refractivity contribution < 1.29 is 5.11 Å². The molecule has 0 aromatic carbocycles. The highest BCUT2D eigenvalue weighted by atomic mass is 16.2. The molecule has 9 heavy (non-hydrogen) atoms. The molecule has 0 aliphatic carbocycles. The molecule has 0 bridgehead atoms. The number of hydrogen-bond donors (Lipinski definition) is 1. The van der Waals surface area contributed by atoms with Crippen LogP contribution in [0.1, 0.15) is 25.7 Å². The number of aliphatic hydroxyl groups excluding tert-OH is 1. The van der Waals surface area contributed by atoms with Gasteiger partial charge in [-0.15, -0.1) is 0 Å². The quantitative estimate of drug-likeness (QED) is 0.424. The highest BCUT2D eigenvalue weighted by Crippen LogP contribution is 2.01. The molecule has 0 fully saturated rings. The van der Waals surface area contributed by atoms with Crippen molar-refractivity contribution in [1.82, 2.24) is 0 Å². The van der Waals surface area contributed by atoms with Crippen molar-refractivity contribution in [3.8, 4) is 0 Å². The van der Waals surface area contributed by atoms with E-state index in [2.05, 4.69) is 6.82 Å². The molecule has 0 aliphatic heterocycles. The van der Waals surface area contributed by atoms with Crippen molar-refractivity contribution in [2.75, 3.05) is 6.61 Å². The third-order valence-corrected chi connectivity index (χ3v) is 1.51. The minimum Gasteiger partial charge on any atom is -0.396 e. The van der Waals surface area contributed by atoms with Crippen molar-refractivity contribution in [1.29, 1.82) is 0 Å². The molecule has 0 aliphatic rings. The predicted octanol–water partition coefficient (Wildman–Crippen LogP) is 1.44. The van der Waals surface area contributed by atoms with Gasteiger partial charge in [0.1, 0.15) is 7.28 Å². The average Bonchev–Trinajstić information content (AvgIpc) is 1.89. The lowest BCUT2D eigenvalue weighted by Gasteiger charge is -1.95. The summed E-state index contributed by atoms with van der Waals surface area (Å²) in [6.45, 7) is 2.58. The van der Waals surface area contributed by atoms with Gasteiger partial charge in [-0.1, -0.05) is 32.4 Å². The van der Waals surface area contributed by atoms with Gasteiger partial charge in [-0.25, -0.2) is 0 Å². The molecule has 0 unspecified atom stereocenters. The van der Waals surface area contributed by atoms with Gasteiger partial charge in [0.2, 0.25) is 0 Å². The number of unbranched alkanes of at least 4 members (excludes halogenated alkanes) is 3. The van der Waals surface area contributed by atoms with E-state index < -0.39 is 0 Å². The lowest BCUT2D eigenvalue weighted by molar-refractivity contribution is 0.283. The zero-order valence-electron chi connectivity index (χ0n) is 6.40. The first-order valence-corrected chi connectivity index (χ1v) is 4.02. The van der Waals surface area contributed by atoms with E-state index in [1.165, 1.54) is 32.9 Å². The Morgan fingerprint density at radius 1 is 1.11 bits per heavy atom. The molecule has 0 aromatic heterocycles. The number of hydrogen-bond acceptors (Lipinski definition) is 1. The van der Waals surface area contributed by atoms with Crippen molar-refractivity contribution in [3.63, 3.8) is 0 Å². The summed E-state index contributed by atoms with van der Waals surface area (Å²) < 4.78 is 0. The highest BCUT2D eigenvalue weighted by molar-refractivity contribution is 6.33. The van der Waals surface area contributed by atoms with E-state index >= 15 is 0 Å². The molecule has 0 atom stereocenters. The van der Waals surface area contributed by atoms with E-state index in [1.807, 2.05) is 0 Å². The Labute approximate surface area is 58.7 Å². The fourth-order valence-corrected chi connectivity index (χ4v) is 0.892. The SMILES string of the molecule is CBCCCCCCO. The van der Waals surface area contributed by atoms with Crippen LogP contribution in [0.25, 0.3) is 0 Å². The normalized spacial score (nSPS) is 9.56. The van der Waals surface area contributed by atoms with E-state index in [0.717, 1.165) is 6.42 Å². The Hall–Kier alpha value is 0.0249. The van der Waals surface area contributed by atoms with Crippen LogP contribution in [0.5, 0.6) is 0 Å². The molecule has 54 valence electrons. The van der Waals surface area contributed by atoms with E-state index in [0.29, 0.717) is 6.61 Å². The van der Waals surface area contributed by atoms with Gasteiger partial charge in [0.25, 0.3) is 0 Å². The Bertz CT molecular complexity index is 42.2. The van der Waals surface area contributed by atoms with Crippen molar-refractivity contribution in [2.24, 2.45) is 0 Å². The highest BCUT2D eigenvalue weighted by Gasteiger charge is 1.87. The fraction of sp³-hybridized carbons (Fsp3) is 1.00. The minimum atomic E-state index is 0.367. The number of aliphatic hydroxyl groups is 1. The first-order chi connectivity index (χ1) is 4.41. The zero-order valence-corrected chi connectivity index (χ0v) is 6.40. The number of rotatable bonds is 6. The van der Waals surface area contributed by atoms with Crippen LogP contribution in [0.4, 0.5) is 0 Å². The minimum absolute atomic E-state index is 0.367.